The fourth-order valence-electron chi connectivity index (χ4n) is 1.28. The lowest BCUT2D eigenvalue weighted by Crippen LogP contribution is -2.24. The first-order valence-corrected chi connectivity index (χ1v) is 6.35. The van der Waals surface area contributed by atoms with Gasteiger partial charge < -0.3 is 16.0 Å². The highest BCUT2D eigenvalue weighted by Gasteiger charge is 1.94. The predicted molar refractivity (Wildman–Crippen MR) is 60.6 cm³/mol. The largest absolute Gasteiger partial charge is 0.315 e. The third kappa shape index (κ3) is 7.31. The number of thioether (sulfide) groups is 1. The molecular weight excluding hydrogens is 182 g/mol. The minimum atomic E-state index is 1.14. The van der Waals surface area contributed by atoms with Gasteiger partial charge in [-0.1, -0.05) is 0 Å². The van der Waals surface area contributed by atoms with Gasteiger partial charge in [-0.15, -0.1) is 0 Å². The van der Waals surface area contributed by atoms with E-state index in [0.29, 0.717) is 0 Å². The number of nitrogens with one attached hydrogen (secondary N) is 3. The van der Waals surface area contributed by atoms with E-state index in [4.69, 9.17) is 0 Å². The summed E-state index contributed by atoms with van der Waals surface area (Å²) < 4.78 is 0. The summed E-state index contributed by atoms with van der Waals surface area (Å²) in [7, 11) is 0. The number of hydrogen-bond donors (Lipinski definition) is 3. The molecule has 2 aliphatic rings. The maximum Gasteiger partial charge on any atom is 0.00767 e. The highest BCUT2D eigenvalue weighted by atomic mass is 32.2. The molecule has 78 valence electrons. The highest BCUT2D eigenvalue weighted by molar-refractivity contribution is 7.99. The molecule has 0 saturated carbocycles. The van der Waals surface area contributed by atoms with Crippen LogP contribution in [0.2, 0.25) is 0 Å². The van der Waals surface area contributed by atoms with Crippen molar-refractivity contribution in [3.05, 3.63) is 0 Å². The van der Waals surface area contributed by atoms with Gasteiger partial charge in [0.25, 0.3) is 0 Å². The molecule has 0 amide bonds. The van der Waals surface area contributed by atoms with E-state index in [1.807, 2.05) is 11.8 Å². The highest BCUT2D eigenvalue weighted by Crippen LogP contribution is 1.99. The van der Waals surface area contributed by atoms with Crippen LogP contribution in [0.5, 0.6) is 0 Å². The van der Waals surface area contributed by atoms with Gasteiger partial charge in [0, 0.05) is 37.7 Å². The summed E-state index contributed by atoms with van der Waals surface area (Å²) in [5.74, 6) is 2.61. The fourth-order valence-corrected chi connectivity index (χ4v) is 2.06. The maximum atomic E-state index is 3.28. The van der Waals surface area contributed by atoms with E-state index in [0.717, 1.165) is 13.1 Å². The van der Waals surface area contributed by atoms with E-state index >= 15 is 0 Å². The zero-order valence-electron chi connectivity index (χ0n) is 8.27. The van der Waals surface area contributed by atoms with Crippen molar-refractivity contribution in [1.29, 1.82) is 0 Å². The molecule has 3 nitrogen and oxygen atoms in total. The molecule has 2 saturated heterocycles. The molecule has 0 aromatic heterocycles. The molecular formula is C9H21N3S. The van der Waals surface area contributed by atoms with E-state index < -0.39 is 0 Å². The Balaban J connectivity index is 0.000000132. The van der Waals surface area contributed by atoms with E-state index in [-0.39, 0.29) is 0 Å². The number of rotatable bonds is 0. The smallest absolute Gasteiger partial charge is 0.00767 e. The van der Waals surface area contributed by atoms with Gasteiger partial charge in [-0.3, -0.25) is 0 Å². The van der Waals surface area contributed by atoms with Crippen LogP contribution in [-0.4, -0.2) is 50.8 Å². The molecule has 2 aliphatic heterocycles. The SMILES string of the molecule is C1CNCCNC1.C1CSCCN1. The summed E-state index contributed by atoms with van der Waals surface area (Å²) in [6.45, 7) is 7.08. The summed E-state index contributed by atoms with van der Waals surface area (Å²) in [6.07, 6.45) is 1.28. The van der Waals surface area contributed by atoms with Crippen LogP contribution in [0.15, 0.2) is 0 Å². The quantitative estimate of drug-likeness (QED) is 0.513. The lowest BCUT2D eigenvalue weighted by atomic mass is 10.4. The Bertz CT molecular complexity index is 75.9. The van der Waals surface area contributed by atoms with Gasteiger partial charge in [-0.2, -0.15) is 11.8 Å². The van der Waals surface area contributed by atoms with Crippen molar-refractivity contribution in [3.8, 4) is 0 Å². The van der Waals surface area contributed by atoms with Gasteiger partial charge in [-0.05, 0) is 19.5 Å². The van der Waals surface area contributed by atoms with Gasteiger partial charge in [0.15, 0.2) is 0 Å². The Kier molecular flexibility index (Phi) is 7.66. The van der Waals surface area contributed by atoms with Crippen LogP contribution in [0.25, 0.3) is 0 Å². The molecule has 0 aromatic carbocycles. The van der Waals surface area contributed by atoms with Crippen LogP contribution in [0.4, 0.5) is 0 Å². The molecule has 0 atom stereocenters. The molecule has 0 bridgehead atoms. The minimum absolute atomic E-state index is 1.14. The van der Waals surface area contributed by atoms with Crippen LogP contribution >= 0.6 is 11.8 Å². The molecule has 2 rings (SSSR count). The first-order chi connectivity index (χ1) is 6.50. The Morgan fingerprint density at radius 2 is 1.15 bits per heavy atom. The molecule has 0 radical (unpaired) electrons. The predicted octanol–water partition coefficient (Wildman–Crippen LogP) is -0.108. The van der Waals surface area contributed by atoms with Gasteiger partial charge in [0.1, 0.15) is 0 Å². The summed E-state index contributed by atoms with van der Waals surface area (Å²) in [5, 5.41) is 9.83. The monoisotopic (exact) mass is 203 g/mol. The van der Waals surface area contributed by atoms with E-state index in [1.54, 1.807) is 0 Å². The molecule has 2 heterocycles. The van der Waals surface area contributed by atoms with Gasteiger partial charge in [0.2, 0.25) is 0 Å². The zero-order chi connectivity index (χ0) is 9.19. The molecule has 2 fully saturated rings. The lowest BCUT2D eigenvalue weighted by Gasteiger charge is -2.08. The standard InChI is InChI=1S/C5H12N2.C4H9NS/c1-2-6-4-5-7-3-1;1-3-6-4-2-5-1/h6-7H,1-5H2;5H,1-4H2. The molecule has 0 aromatic rings. The lowest BCUT2D eigenvalue weighted by molar-refractivity contribution is 0.718. The summed E-state index contributed by atoms with van der Waals surface area (Å²) >= 11 is 2.03. The molecule has 0 unspecified atom stereocenters. The molecule has 3 N–H and O–H groups in total. The van der Waals surface area contributed by atoms with Crippen LogP contribution in [0.1, 0.15) is 6.42 Å². The average molecular weight is 203 g/mol. The molecule has 0 aliphatic carbocycles. The second-order valence-electron chi connectivity index (χ2n) is 3.22. The van der Waals surface area contributed by atoms with Crippen LogP contribution in [-0.2, 0) is 0 Å². The van der Waals surface area contributed by atoms with Gasteiger partial charge in [0.05, 0.1) is 0 Å². The molecule has 0 spiro atoms. The minimum Gasteiger partial charge on any atom is -0.315 e. The summed E-state index contributed by atoms with van der Waals surface area (Å²) in [6, 6.07) is 0. The summed E-state index contributed by atoms with van der Waals surface area (Å²) in [5.41, 5.74) is 0. The summed E-state index contributed by atoms with van der Waals surface area (Å²) in [4.78, 5) is 0. The first kappa shape index (κ1) is 11.3. The third-order valence-corrected chi connectivity index (χ3v) is 3.02. The van der Waals surface area contributed by atoms with E-state index in [1.165, 1.54) is 44.1 Å². The van der Waals surface area contributed by atoms with Gasteiger partial charge >= 0.3 is 0 Å². The van der Waals surface area contributed by atoms with Crippen molar-refractivity contribution in [3.63, 3.8) is 0 Å². The Morgan fingerprint density at radius 3 is 1.54 bits per heavy atom. The Labute approximate surface area is 85.4 Å². The topological polar surface area (TPSA) is 36.1 Å². The van der Waals surface area contributed by atoms with Crippen LogP contribution in [0.3, 0.4) is 0 Å². The van der Waals surface area contributed by atoms with Crippen molar-refractivity contribution in [2.75, 3.05) is 50.8 Å². The van der Waals surface area contributed by atoms with Crippen molar-refractivity contribution < 1.29 is 0 Å². The van der Waals surface area contributed by atoms with Crippen LogP contribution in [0, 0.1) is 0 Å². The van der Waals surface area contributed by atoms with Crippen molar-refractivity contribution in [1.82, 2.24) is 16.0 Å². The normalized spacial score (nSPS) is 24.0. The third-order valence-electron chi connectivity index (χ3n) is 2.03. The zero-order valence-corrected chi connectivity index (χ0v) is 9.09. The van der Waals surface area contributed by atoms with Crippen molar-refractivity contribution in [2.45, 2.75) is 6.42 Å². The second kappa shape index (κ2) is 8.81. The Hall–Kier alpha value is 0.230. The number of hydrogen-bond acceptors (Lipinski definition) is 4. The van der Waals surface area contributed by atoms with Gasteiger partial charge in [-0.25, -0.2) is 0 Å². The molecule has 13 heavy (non-hydrogen) atoms. The Morgan fingerprint density at radius 1 is 0.615 bits per heavy atom. The fraction of sp³-hybridized carbons (Fsp3) is 1.00. The molecule has 4 heteroatoms. The maximum absolute atomic E-state index is 3.28. The van der Waals surface area contributed by atoms with Crippen LogP contribution < -0.4 is 16.0 Å². The van der Waals surface area contributed by atoms with E-state index in [2.05, 4.69) is 16.0 Å². The second-order valence-corrected chi connectivity index (χ2v) is 4.44. The average Bonchev–Trinajstić information content (AvgIpc) is 2.53. The van der Waals surface area contributed by atoms with E-state index in [9.17, 15) is 0 Å². The van der Waals surface area contributed by atoms with Crippen molar-refractivity contribution >= 4 is 11.8 Å². The van der Waals surface area contributed by atoms with Crippen molar-refractivity contribution in [2.24, 2.45) is 0 Å². The first-order valence-electron chi connectivity index (χ1n) is 5.20.